The number of hydrogen-bond acceptors (Lipinski definition) is 4. The van der Waals surface area contributed by atoms with Crippen molar-refractivity contribution in [1.82, 2.24) is 4.57 Å². The molecule has 1 atom stereocenters. The van der Waals surface area contributed by atoms with E-state index in [-0.39, 0.29) is 6.54 Å². The van der Waals surface area contributed by atoms with Gasteiger partial charge in [-0.25, -0.2) is 4.79 Å². The summed E-state index contributed by atoms with van der Waals surface area (Å²) < 4.78 is 6.32. The molecule has 2 rings (SSSR count). The number of nitrogens with zero attached hydrogens (tertiary/aromatic N) is 2. The zero-order valence-corrected chi connectivity index (χ0v) is 10.8. The first-order valence-corrected chi connectivity index (χ1v) is 5.78. The molecule has 5 heteroatoms. The number of nitriles is 1. The van der Waals surface area contributed by atoms with Gasteiger partial charge in [-0.15, -0.1) is 0 Å². The van der Waals surface area contributed by atoms with Crippen molar-refractivity contribution < 1.29 is 14.6 Å². The lowest BCUT2D eigenvalue weighted by Crippen LogP contribution is -2.40. The highest BCUT2D eigenvalue weighted by Gasteiger charge is 2.32. The normalized spacial score (nSPS) is 13.8. The first kappa shape index (κ1) is 13.1. The van der Waals surface area contributed by atoms with Crippen LogP contribution >= 0.6 is 0 Å². The largest absolute Gasteiger partial charge is 0.467 e. The standard InChI is InChI=1S/C14H14N2O3/c1-14(18,13(17)19-2)9-16-6-5-11-7-10(8-15)3-4-12(11)16/h3-7,18H,9H2,1-2H3. The summed E-state index contributed by atoms with van der Waals surface area (Å²) in [7, 11) is 1.24. The Morgan fingerprint density at radius 2 is 2.26 bits per heavy atom. The SMILES string of the molecule is COC(=O)C(C)(O)Cn1ccc2cc(C#N)ccc21. The molecule has 0 spiro atoms. The Morgan fingerprint density at radius 3 is 2.89 bits per heavy atom. The summed E-state index contributed by atoms with van der Waals surface area (Å²) in [5.41, 5.74) is -0.164. The number of aromatic nitrogens is 1. The van der Waals surface area contributed by atoms with E-state index < -0.39 is 11.6 Å². The van der Waals surface area contributed by atoms with Gasteiger partial charge < -0.3 is 14.4 Å². The molecule has 19 heavy (non-hydrogen) atoms. The maximum absolute atomic E-state index is 11.5. The molecule has 0 radical (unpaired) electrons. The van der Waals surface area contributed by atoms with Gasteiger partial charge in [0.2, 0.25) is 0 Å². The fourth-order valence-corrected chi connectivity index (χ4v) is 2.02. The molecule has 2 aromatic rings. The van der Waals surface area contributed by atoms with E-state index in [1.807, 2.05) is 6.07 Å². The minimum Gasteiger partial charge on any atom is -0.467 e. The van der Waals surface area contributed by atoms with Crippen LogP contribution in [0.1, 0.15) is 12.5 Å². The van der Waals surface area contributed by atoms with E-state index in [0.29, 0.717) is 5.56 Å². The number of ether oxygens (including phenoxy) is 1. The lowest BCUT2D eigenvalue weighted by Gasteiger charge is -2.21. The van der Waals surface area contributed by atoms with Crippen molar-refractivity contribution in [2.24, 2.45) is 0 Å². The van der Waals surface area contributed by atoms with Gasteiger partial charge in [-0.2, -0.15) is 5.26 Å². The van der Waals surface area contributed by atoms with Gasteiger partial charge in [0, 0.05) is 17.1 Å². The van der Waals surface area contributed by atoms with Crippen molar-refractivity contribution in [2.45, 2.75) is 19.1 Å². The predicted octanol–water partition coefficient (Wildman–Crippen LogP) is 1.44. The van der Waals surface area contributed by atoms with Crippen LogP contribution in [0, 0.1) is 11.3 Å². The second-order valence-corrected chi connectivity index (χ2v) is 4.59. The molecule has 5 nitrogen and oxygen atoms in total. The maximum Gasteiger partial charge on any atom is 0.339 e. The highest BCUT2D eigenvalue weighted by Crippen LogP contribution is 2.20. The number of hydrogen-bond donors (Lipinski definition) is 1. The Hall–Kier alpha value is -2.32. The molecule has 1 N–H and O–H groups in total. The first-order valence-electron chi connectivity index (χ1n) is 5.78. The minimum atomic E-state index is -1.59. The predicted molar refractivity (Wildman–Crippen MR) is 69.3 cm³/mol. The summed E-state index contributed by atoms with van der Waals surface area (Å²) in [5, 5.41) is 19.8. The van der Waals surface area contributed by atoms with Crippen LogP contribution in [0.4, 0.5) is 0 Å². The summed E-state index contributed by atoms with van der Waals surface area (Å²) >= 11 is 0. The van der Waals surface area contributed by atoms with Gasteiger partial charge in [-0.3, -0.25) is 0 Å². The molecule has 1 aromatic carbocycles. The van der Waals surface area contributed by atoms with Gasteiger partial charge in [0.25, 0.3) is 0 Å². The summed E-state index contributed by atoms with van der Waals surface area (Å²) in [4.78, 5) is 11.5. The molecule has 0 bridgehead atoms. The van der Waals surface area contributed by atoms with Gasteiger partial charge in [0.1, 0.15) is 0 Å². The Morgan fingerprint density at radius 1 is 1.53 bits per heavy atom. The van der Waals surface area contributed by atoms with Gasteiger partial charge in [0.05, 0.1) is 25.3 Å². The summed E-state index contributed by atoms with van der Waals surface area (Å²) in [6.07, 6.45) is 1.77. The monoisotopic (exact) mass is 258 g/mol. The Bertz CT molecular complexity index is 665. The highest BCUT2D eigenvalue weighted by molar-refractivity contribution is 5.82. The van der Waals surface area contributed by atoms with Gasteiger partial charge in [0.15, 0.2) is 5.60 Å². The quantitative estimate of drug-likeness (QED) is 0.845. The molecule has 98 valence electrons. The van der Waals surface area contributed by atoms with Crippen molar-refractivity contribution in [3.63, 3.8) is 0 Å². The zero-order valence-electron chi connectivity index (χ0n) is 10.8. The van der Waals surface area contributed by atoms with Crippen molar-refractivity contribution >= 4 is 16.9 Å². The Balaban J connectivity index is 2.37. The summed E-state index contributed by atoms with van der Waals surface area (Å²) in [5.74, 6) is -0.678. The molecule has 0 saturated heterocycles. The van der Waals surface area contributed by atoms with Crippen LogP contribution in [0.15, 0.2) is 30.5 Å². The zero-order chi connectivity index (χ0) is 14.0. The molecule has 1 heterocycles. The van der Waals surface area contributed by atoms with Crippen molar-refractivity contribution in [3.8, 4) is 6.07 Å². The molecular formula is C14H14N2O3. The van der Waals surface area contributed by atoms with Crippen LogP contribution in [0.3, 0.4) is 0 Å². The molecule has 0 fully saturated rings. The van der Waals surface area contributed by atoms with Crippen molar-refractivity contribution in [3.05, 3.63) is 36.0 Å². The number of rotatable bonds is 3. The molecule has 1 aromatic heterocycles. The fraction of sp³-hybridized carbons (Fsp3) is 0.286. The Labute approximate surface area is 110 Å². The van der Waals surface area contributed by atoms with E-state index in [2.05, 4.69) is 10.8 Å². The maximum atomic E-state index is 11.5. The van der Waals surface area contributed by atoms with Crippen LogP contribution in [0.2, 0.25) is 0 Å². The molecule has 0 saturated carbocycles. The number of methoxy groups -OCH3 is 1. The lowest BCUT2D eigenvalue weighted by atomic mass is 10.1. The fourth-order valence-electron chi connectivity index (χ4n) is 2.02. The van der Waals surface area contributed by atoms with Crippen LogP contribution in [0.5, 0.6) is 0 Å². The second kappa shape index (κ2) is 4.75. The molecule has 0 aliphatic heterocycles. The van der Waals surface area contributed by atoms with E-state index in [0.717, 1.165) is 10.9 Å². The number of carbonyl (C=O) groups is 1. The smallest absolute Gasteiger partial charge is 0.339 e. The van der Waals surface area contributed by atoms with Crippen LogP contribution < -0.4 is 0 Å². The molecule has 1 unspecified atom stereocenters. The summed E-state index contributed by atoms with van der Waals surface area (Å²) in [6, 6.07) is 9.16. The van der Waals surface area contributed by atoms with Gasteiger partial charge in [-0.05, 0) is 31.2 Å². The summed E-state index contributed by atoms with van der Waals surface area (Å²) in [6.45, 7) is 1.50. The van der Waals surface area contributed by atoms with Crippen LogP contribution in [-0.4, -0.2) is 28.4 Å². The molecule has 0 amide bonds. The first-order chi connectivity index (χ1) is 8.97. The van der Waals surface area contributed by atoms with Gasteiger partial charge in [-0.1, -0.05) is 0 Å². The van der Waals surface area contributed by atoms with E-state index in [1.165, 1.54) is 14.0 Å². The third-order valence-corrected chi connectivity index (χ3v) is 3.00. The average Bonchev–Trinajstić information content (AvgIpc) is 2.79. The van der Waals surface area contributed by atoms with Crippen molar-refractivity contribution in [2.75, 3.05) is 7.11 Å². The van der Waals surface area contributed by atoms with Crippen molar-refractivity contribution in [1.29, 1.82) is 5.26 Å². The van der Waals surface area contributed by atoms with Gasteiger partial charge >= 0.3 is 5.97 Å². The van der Waals surface area contributed by atoms with E-state index >= 15 is 0 Å². The highest BCUT2D eigenvalue weighted by atomic mass is 16.5. The number of fused-ring (bicyclic) bond motifs is 1. The molecular weight excluding hydrogens is 244 g/mol. The third kappa shape index (κ3) is 2.44. The minimum absolute atomic E-state index is 0.0923. The number of benzene rings is 1. The topological polar surface area (TPSA) is 75.2 Å². The molecule has 0 aliphatic carbocycles. The number of carbonyl (C=O) groups excluding carboxylic acids is 1. The second-order valence-electron chi connectivity index (χ2n) is 4.59. The van der Waals surface area contributed by atoms with Crippen LogP contribution in [0.25, 0.3) is 10.9 Å². The van der Waals surface area contributed by atoms with E-state index in [4.69, 9.17) is 5.26 Å². The van der Waals surface area contributed by atoms with Crippen LogP contribution in [-0.2, 0) is 16.1 Å². The third-order valence-electron chi connectivity index (χ3n) is 3.00. The van der Waals surface area contributed by atoms with E-state index in [9.17, 15) is 9.90 Å². The Kier molecular flexibility index (Phi) is 3.28. The average molecular weight is 258 g/mol. The lowest BCUT2D eigenvalue weighted by molar-refractivity contribution is -0.161. The van der Waals surface area contributed by atoms with E-state index in [1.54, 1.807) is 29.0 Å². The number of esters is 1. The molecule has 0 aliphatic rings. The number of aliphatic hydroxyl groups is 1.